The summed E-state index contributed by atoms with van der Waals surface area (Å²) in [6.07, 6.45) is 1.77. The predicted octanol–water partition coefficient (Wildman–Crippen LogP) is 3.99. The highest BCUT2D eigenvalue weighted by molar-refractivity contribution is 6.13. The van der Waals surface area contributed by atoms with Crippen LogP contribution in [-0.4, -0.2) is 197 Å². The van der Waals surface area contributed by atoms with Crippen molar-refractivity contribution in [1.29, 1.82) is 0 Å². The van der Waals surface area contributed by atoms with Crippen LogP contribution in [0.5, 0.6) is 23.0 Å². The minimum absolute atomic E-state index is 0.00991. The molecule has 4 heterocycles. The fourth-order valence-corrected chi connectivity index (χ4v) is 9.90. The minimum Gasteiger partial charge on any atom is -0.493 e. The number of carbonyl (C=O) groups excluding carboxylic acids is 11. The van der Waals surface area contributed by atoms with Crippen LogP contribution >= 0.6 is 0 Å². The maximum Gasteiger partial charge on any atom is 0.415 e. The molecule has 30 heteroatoms. The van der Waals surface area contributed by atoms with E-state index in [4.69, 9.17) is 38.9 Å². The number of esters is 1. The van der Waals surface area contributed by atoms with E-state index < -0.39 is 83.2 Å². The van der Waals surface area contributed by atoms with E-state index in [1.807, 2.05) is 0 Å². The third-order valence-electron chi connectivity index (χ3n) is 15.3. The Morgan fingerprint density at radius 2 is 1.42 bits per heavy atom. The van der Waals surface area contributed by atoms with Gasteiger partial charge in [-0.3, -0.25) is 38.5 Å². The lowest BCUT2D eigenvalue weighted by atomic mass is 9.93. The molecule has 0 saturated carbocycles. The average molecular weight is 1280 g/mol. The van der Waals surface area contributed by atoms with Crippen molar-refractivity contribution >= 4 is 98.7 Å². The van der Waals surface area contributed by atoms with Crippen LogP contribution in [0.2, 0.25) is 0 Å². The first kappa shape index (κ1) is 69.1. The number of likely N-dealkylation sites (N-methyl/N-ethyl adjacent to an activating group) is 2. The van der Waals surface area contributed by atoms with Crippen LogP contribution in [0.4, 0.5) is 25.8 Å². The molecule has 0 aliphatic carbocycles. The summed E-state index contributed by atoms with van der Waals surface area (Å²) in [5, 5.41) is 14.3. The van der Waals surface area contributed by atoms with Crippen molar-refractivity contribution in [2.75, 3.05) is 105 Å². The summed E-state index contributed by atoms with van der Waals surface area (Å²) in [5.41, 5.74) is 6.50. The lowest BCUT2D eigenvalue weighted by Crippen LogP contribution is -2.50. The number of methoxy groups -OCH3 is 4. The van der Waals surface area contributed by atoms with E-state index in [2.05, 4.69) is 36.6 Å². The summed E-state index contributed by atoms with van der Waals surface area (Å²) in [6, 6.07) is 11.0. The van der Waals surface area contributed by atoms with E-state index in [-0.39, 0.29) is 94.8 Å². The van der Waals surface area contributed by atoms with Crippen molar-refractivity contribution in [3.8, 4) is 23.0 Å². The molecule has 5 aromatic rings. The molecule has 92 heavy (non-hydrogen) atoms. The highest BCUT2D eigenvalue weighted by Crippen LogP contribution is 2.45. The molecule has 0 spiro atoms. The highest BCUT2D eigenvalue weighted by atomic mass is 16.6. The topological polar surface area (TPSA) is 383 Å². The van der Waals surface area contributed by atoms with Crippen LogP contribution in [0.1, 0.15) is 85.5 Å². The van der Waals surface area contributed by atoms with Gasteiger partial charge in [0, 0.05) is 94.5 Å². The van der Waals surface area contributed by atoms with Gasteiger partial charge >= 0.3 is 24.2 Å². The van der Waals surface area contributed by atoms with Crippen LogP contribution in [0, 0.1) is 5.41 Å². The van der Waals surface area contributed by atoms with Gasteiger partial charge in [0.05, 0.1) is 69.3 Å². The number of anilines is 2. The van der Waals surface area contributed by atoms with E-state index in [9.17, 15) is 52.7 Å². The summed E-state index contributed by atoms with van der Waals surface area (Å²) < 4.78 is 39.2. The SMILES string of the molecule is COC(=O)c1cc2c3c(cc(OC(=O)N(C)CCN(C)C(=O)OCc4ccc(NC(=O)[C@H](CCCNC(N)=O)NC(=O)CNC(=O)C(C)(C)COC(C)(C)CCNC(=O)CCN5C(=O)C=CC5=O)cc4)c2[nH]1)N(C(=O)c1cc2cc(OC)c(OC)c(OC)c2[nH]1)CC3. The van der Waals surface area contributed by atoms with E-state index in [1.165, 1.54) is 52.3 Å². The van der Waals surface area contributed by atoms with Gasteiger partial charge in [-0.2, -0.15) is 0 Å². The first-order valence-corrected chi connectivity index (χ1v) is 29.3. The Morgan fingerprint density at radius 1 is 0.750 bits per heavy atom. The Bertz CT molecular complexity index is 3650. The van der Waals surface area contributed by atoms with Crippen molar-refractivity contribution in [3.63, 3.8) is 0 Å². The molecule has 11 amide bonds. The number of primary amides is 1. The van der Waals surface area contributed by atoms with Gasteiger partial charge in [-0.25, -0.2) is 19.2 Å². The summed E-state index contributed by atoms with van der Waals surface area (Å²) in [7, 11) is 8.62. The van der Waals surface area contributed by atoms with E-state index >= 15 is 0 Å². The minimum atomic E-state index is -1.12. The second-order valence-electron chi connectivity index (χ2n) is 23.0. The number of aromatic nitrogens is 2. The number of benzene rings is 3. The standard InChI is InChI=1S/C62H78N12O18/c1-61(2,34-91-62(3,4)21-23-64-46(75)20-25-74-48(77)17-18-49(74)78)57(82)66-32-47(76)68-40(12-11-22-65-58(63)83)54(79)67-37-15-13-35(14-16-37)33-90-59(84)71(5)26-27-72(6)60(85)92-44-31-43-38(39-30-42(56(81)89-10)70-51(39)44)19-24-73(43)55(80)41-28-36-29-45(86-7)52(87-8)53(88-9)50(36)69-41/h13-18,28-31,40,69-70H,11-12,19-27,32-34H2,1-10H3,(H,64,75)(H,66,82)(H,67,79)(H,68,76)(H3,63,65,83)/t40-/m0/s1. The van der Waals surface area contributed by atoms with Crippen molar-refractivity contribution in [2.24, 2.45) is 11.1 Å². The van der Waals surface area contributed by atoms with Crippen LogP contribution in [0.15, 0.2) is 60.7 Å². The third kappa shape index (κ3) is 17.3. The zero-order chi connectivity index (χ0) is 67.2. The second-order valence-corrected chi connectivity index (χ2v) is 23.0. The number of urea groups is 1. The summed E-state index contributed by atoms with van der Waals surface area (Å²) in [6.45, 7) is 6.64. The molecule has 0 bridgehead atoms. The Balaban J connectivity index is 0.878. The largest absolute Gasteiger partial charge is 0.493 e. The van der Waals surface area contributed by atoms with Gasteiger partial charge in [-0.1, -0.05) is 12.1 Å². The maximum atomic E-state index is 14.3. The summed E-state index contributed by atoms with van der Waals surface area (Å²) in [5.74, 6) is -3.06. The Hall–Kier alpha value is -10.4. The number of ether oxygens (including phenoxy) is 7. The molecule has 2 aromatic heterocycles. The van der Waals surface area contributed by atoms with Gasteiger partial charge in [0.1, 0.15) is 24.0 Å². The molecule has 7 rings (SSSR count). The molecule has 2 aliphatic rings. The first-order chi connectivity index (χ1) is 43.7. The zero-order valence-corrected chi connectivity index (χ0v) is 53.0. The van der Waals surface area contributed by atoms with Crippen LogP contribution < -0.4 is 56.2 Å². The normalized spacial score (nSPS) is 13.1. The van der Waals surface area contributed by atoms with Gasteiger partial charge in [0.25, 0.3) is 17.7 Å². The number of amides is 11. The molecule has 30 nitrogen and oxygen atoms in total. The van der Waals surface area contributed by atoms with Crippen molar-refractivity contribution in [2.45, 2.75) is 78.0 Å². The quantitative estimate of drug-likeness (QED) is 0.0183. The van der Waals surface area contributed by atoms with E-state index in [1.54, 1.807) is 81.1 Å². The van der Waals surface area contributed by atoms with Crippen LogP contribution in [0.3, 0.4) is 0 Å². The molecular formula is C62H78N12O18. The number of carbonyl (C=O) groups is 11. The molecule has 0 radical (unpaired) electrons. The Kier molecular flexibility index (Phi) is 22.8. The lowest BCUT2D eigenvalue weighted by Gasteiger charge is -2.31. The lowest BCUT2D eigenvalue weighted by molar-refractivity contribution is -0.139. The molecule has 2 aliphatic heterocycles. The first-order valence-electron chi connectivity index (χ1n) is 29.3. The number of imide groups is 1. The summed E-state index contributed by atoms with van der Waals surface area (Å²) in [4.78, 5) is 153. The smallest absolute Gasteiger partial charge is 0.415 e. The molecule has 0 fully saturated rings. The van der Waals surface area contributed by atoms with Gasteiger partial charge in [0.15, 0.2) is 17.2 Å². The summed E-state index contributed by atoms with van der Waals surface area (Å²) >= 11 is 0. The molecule has 3 aromatic carbocycles. The fourth-order valence-electron chi connectivity index (χ4n) is 9.90. The number of nitrogens with zero attached hydrogens (tertiary/aromatic N) is 4. The number of aromatic amines is 2. The average Bonchev–Trinajstić information content (AvgIpc) is 1.59. The van der Waals surface area contributed by atoms with Gasteiger partial charge in [-0.15, -0.1) is 0 Å². The van der Waals surface area contributed by atoms with Crippen molar-refractivity contribution < 1.29 is 85.9 Å². The molecule has 0 unspecified atom stereocenters. The Morgan fingerprint density at radius 3 is 2.08 bits per heavy atom. The van der Waals surface area contributed by atoms with E-state index in [0.717, 1.165) is 22.6 Å². The van der Waals surface area contributed by atoms with Gasteiger partial charge < -0.3 is 90.1 Å². The van der Waals surface area contributed by atoms with Gasteiger partial charge in [0.2, 0.25) is 29.4 Å². The number of nitrogens with two attached hydrogens (primary N) is 1. The number of H-pyrrole nitrogens is 2. The molecule has 494 valence electrons. The van der Waals surface area contributed by atoms with E-state index in [0.29, 0.717) is 68.8 Å². The molecule has 1 atom stereocenters. The second kappa shape index (κ2) is 30.4. The maximum absolute atomic E-state index is 14.3. The van der Waals surface area contributed by atoms with Crippen LogP contribution in [0.25, 0.3) is 21.8 Å². The number of hydrogen-bond acceptors (Lipinski definition) is 18. The van der Waals surface area contributed by atoms with Crippen molar-refractivity contribution in [3.05, 3.63) is 83.2 Å². The number of nitrogens with one attached hydrogen (secondary N) is 7. The van der Waals surface area contributed by atoms with Gasteiger partial charge in [-0.05, 0) is 94.8 Å². The number of hydrogen-bond donors (Lipinski definition) is 8. The van der Waals surface area contributed by atoms with Crippen molar-refractivity contribution in [1.82, 2.24) is 45.9 Å². The predicted molar refractivity (Wildman–Crippen MR) is 333 cm³/mol. The Labute approximate surface area is 529 Å². The van der Waals surface area contributed by atoms with Crippen LogP contribution in [-0.2, 0) is 56.0 Å². The monoisotopic (exact) mass is 1280 g/mol. The molecule has 0 saturated heterocycles. The highest BCUT2D eigenvalue weighted by Gasteiger charge is 2.35. The number of fused-ring (bicyclic) bond motifs is 4. The number of rotatable bonds is 30. The third-order valence-corrected chi connectivity index (χ3v) is 15.3. The molecular weight excluding hydrogens is 1200 g/mol. The molecule has 9 N–H and O–H groups in total. The fraction of sp³-hybridized carbons (Fsp3) is 0.435. The zero-order valence-electron chi connectivity index (χ0n) is 53.0.